The van der Waals surface area contributed by atoms with Gasteiger partial charge in [0.25, 0.3) is 0 Å². The first-order valence-electron chi connectivity index (χ1n) is 5.20. The zero-order valence-corrected chi connectivity index (χ0v) is 12.4. The molecule has 1 atom stereocenters. The average Bonchev–Trinajstić information content (AvgIpc) is 2.75. The Bertz CT molecular complexity index is 484. The third kappa shape index (κ3) is 3.54. The van der Waals surface area contributed by atoms with E-state index < -0.39 is 0 Å². The molecule has 0 aliphatic heterocycles. The monoisotopic (exact) mass is 358 g/mol. The summed E-state index contributed by atoms with van der Waals surface area (Å²) in [6, 6.07) is 4.14. The highest BCUT2D eigenvalue weighted by Gasteiger charge is 2.07. The van der Waals surface area contributed by atoms with E-state index in [0.717, 1.165) is 21.3 Å². The third-order valence-electron chi connectivity index (χ3n) is 2.21. The fourth-order valence-electron chi connectivity index (χ4n) is 1.49. The first-order valence-corrected chi connectivity index (χ1v) is 6.79. The quantitative estimate of drug-likeness (QED) is 0.910. The zero-order valence-electron chi connectivity index (χ0n) is 9.27. The van der Waals surface area contributed by atoms with E-state index in [1.54, 1.807) is 12.4 Å². The number of nitrogens with zero attached hydrogens (tertiary/aromatic N) is 3. The minimum atomic E-state index is 0.250. The van der Waals surface area contributed by atoms with Gasteiger partial charge in [0.1, 0.15) is 5.82 Å². The van der Waals surface area contributed by atoms with Gasteiger partial charge in [0, 0.05) is 29.1 Å². The van der Waals surface area contributed by atoms with Gasteiger partial charge in [-0.2, -0.15) is 5.10 Å². The SMILES string of the molecule is CC(Cn1cccn1)Nc1ncc(Br)cc1Br. The van der Waals surface area contributed by atoms with E-state index in [1.807, 2.05) is 23.0 Å². The van der Waals surface area contributed by atoms with E-state index in [1.165, 1.54) is 0 Å². The first kappa shape index (κ1) is 12.6. The van der Waals surface area contributed by atoms with Gasteiger partial charge < -0.3 is 5.32 Å². The number of hydrogen-bond acceptors (Lipinski definition) is 3. The molecule has 2 heterocycles. The van der Waals surface area contributed by atoms with E-state index in [0.29, 0.717) is 0 Å². The van der Waals surface area contributed by atoms with Gasteiger partial charge in [-0.15, -0.1) is 0 Å². The van der Waals surface area contributed by atoms with Crippen LogP contribution < -0.4 is 5.32 Å². The van der Waals surface area contributed by atoms with Crippen LogP contribution in [0.4, 0.5) is 5.82 Å². The Kier molecular flexibility index (Phi) is 4.17. The van der Waals surface area contributed by atoms with Crippen molar-refractivity contribution in [3.05, 3.63) is 39.7 Å². The molecule has 1 unspecified atom stereocenters. The summed E-state index contributed by atoms with van der Waals surface area (Å²) < 4.78 is 3.79. The highest BCUT2D eigenvalue weighted by Crippen LogP contribution is 2.23. The predicted octanol–water partition coefficient (Wildman–Crippen LogP) is 3.30. The highest BCUT2D eigenvalue weighted by atomic mass is 79.9. The Balaban J connectivity index is 2.00. The van der Waals surface area contributed by atoms with Crippen LogP contribution in [0.3, 0.4) is 0 Å². The summed E-state index contributed by atoms with van der Waals surface area (Å²) in [5.41, 5.74) is 0. The Hall–Kier alpha value is -0.880. The van der Waals surface area contributed by atoms with Gasteiger partial charge in [-0.3, -0.25) is 4.68 Å². The van der Waals surface area contributed by atoms with E-state index in [-0.39, 0.29) is 6.04 Å². The van der Waals surface area contributed by atoms with E-state index in [9.17, 15) is 0 Å². The summed E-state index contributed by atoms with van der Waals surface area (Å²) in [5, 5.41) is 7.51. The highest BCUT2D eigenvalue weighted by molar-refractivity contribution is 9.11. The van der Waals surface area contributed by atoms with Gasteiger partial charge in [0.15, 0.2) is 0 Å². The second-order valence-corrected chi connectivity index (χ2v) is 5.53. The molecule has 0 amide bonds. The van der Waals surface area contributed by atoms with Gasteiger partial charge in [-0.25, -0.2) is 4.98 Å². The van der Waals surface area contributed by atoms with Gasteiger partial charge in [-0.05, 0) is 50.9 Å². The van der Waals surface area contributed by atoms with Crippen molar-refractivity contribution in [1.29, 1.82) is 0 Å². The molecule has 0 aliphatic rings. The standard InChI is InChI=1S/C11H12Br2N4/c1-8(7-17-4-2-3-15-17)16-11-10(13)5-9(12)6-14-11/h2-6,8H,7H2,1H3,(H,14,16). The normalized spacial score (nSPS) is 12.4. The summed E-state index contributed by atoms with van der Waals surface area (Å²) in [6.45, 7) is 2.90. The van der Waals surface area contributed by atoms with Gasteiger partial charge >= 0.3 is 0 Å². The van der Waals surface area contributed by atoms with E-state index in [4.69, 9.17) is 0 Å². The molecule has 2 rings (SSSR count). The van der Waals surface area contributed by atoms with E-state index >= 15 is 0 Å². The summed E-state index contributed by atoms with van der Waals surface area (Å²) >= 11 is 6.85. The van der Waals surface area contributed by atoms with Crippen molar-refractivity contribution in [3.8, 4) is 0 Å². The zero-order chi connectivity index (χ0) is 12.3. The Morgan fingerprint density at radius 3 is 2.94 bits per heavy atom. The first-order chi connectivity index (χ1) is 8.15. The van der Waals surface area contributed by atoms with Crippen LogP contribution in [0.25, 0.3) is 0 Å². The molecule has 0 saturated heterocycles. The summed E-state index contributed by atoms with van der Waals surface area (Å²) in [6.07, 6.45) is 5.50. The van der Waals surface area contributed by atoms with Crippen LogP contribution in [-0.2, 0) is 6.54 Å². The molecule has 0 saturated carbocycles. The van der Waals surface area contributed by atoms with Crippen LogP contribution in [0.1, 0.15) is 6.92 Å². The van der Waals surface area contributed by atoms with Crippen molar-refractivity contribution < 1.29 is 0 Å². The molecule has 90 valence electrons. The molecule has 0 aromatic carbocycles. The molecule has 0 spiro atoms. The molecule has 2 aromatic rings. The third-order valence-corrected chi connectivity index (χ3v) is 3.25. The number of halogens is 2. The van der Waals surface area contributed by atoms with Crippen molar-refractivity contribution in [2.24, 2.45) is 0 Å². The molecular formula is C11H12Br2N4. The Labute approximate surface area is 117 Å². The number of anilines is 1. The van der Waals surface area contributed by atoms with Crippen molar-refractivity contribution >= 4 is 37.7 Å². The second kappa shape index (κ2) is 5.64. The van der Waals surface area contributed by atoms with E-state index in [2.05, 4.69) is 54.2 Å². The average molecular weight is 360 g/mol. The lowest BCUT2D eigenvalue weighted by Crippen LogP contribution is -2.23. The smallest absolute Gasteiger partial charge is 0.140 e. The lowest BCUT2D eigenvalue weighted by molar-refractivity contribution is 0.559. The maximum Gasteiger partial charge on any atom is 0.140 e. The Morgan fingerprint density at radius 2 is 2.29 bits per heavy atom. The van der Waals surface area contributed by atoms with Crippen molar-refractivity contribution in [2.75, 3.05) is 5.32 Å². The molecular weight excluding hydrogens is 348 g/mol. The number of pyridine rings is 1. The second-order valence-electron chi connectivity index (χ2n) is 3.76. The number of hydrogen-bond donors (Lipinski definition) is 1. The fraction of sp³-hybridized carbons (Fsp3) is 0.273. The molecule has 0 bridgehead atoms. The molecule has 1 N–H and O–H groups in total. The summed E-state index contributed by atoms with van der Waals surface area (Å²) in [4.78, 5) is 4.31. The number of nitrogens with one attached hydrogen (secondary N) is 1. The summed E-state index contributed by atoms with van der Waals surface area (Å²) in [5.74, 6) is 0.841. The largest absolute Gasteiger partial charge is 0.365 e. The number of aromatic nitrogens is 3. The Morgan fingerprint density at radius 1 is 1.47 bits per heavy atom. The van der Waals surface area contributed by atoms with Gasteiger partial charge in [0.2, 0.25) is 0 Å². The van der Waals surface area contributed by atoms with Gasteiger partial charge in [0.05, 0.1) is 11.0 Å². The molecule has 4 nitrogen and oxygen atoms in total. The molecule has 0 fully saturated rings. The molecule has 0 aliphatic carbocycles. The molecule has 2 aromatic heterocycles. The maximum atomic E-state index is 4.31. The minimum absolute atomic E-state index is 0.250. The lowest BCUT2D eigenvalue weighted by Gasteiger charge is -2.15. The van der Waals surface area contributed by atoms with Crippen molar-refractivity contribution in [3.63, 3.8) is 0 Å². The van der Waals surface area contributed by atoms with Crippen LogP contribution in [0.5, 0.6) is 0 Å². The van der Waals surface area contributed by atoms with Crippen LogP contribution in [0.15, 0.2) is 39.7 Å². The van der Waals surface area contributed by atoms with Crippen LogP contribution in [0.2, 0.25) is 0 Å². The lowest BCUT2D eigenvalue weighted by atomic mass is 10.3. The molecule has 0 radical (unpaired) electrons. The maximum absolute atomic E-state index is 4.31. The van der Waals surface area contributed by atoms with Crippen LogP contribution in [-0.4, -0.2) is 20.8 Å². The van der Waals surface area contributed by atoms with Crippen LogP contribution >= 0.6 is 31.9 Å². The molecule has 17 heavy (non-hydrogen) atoms. The van der Waals surface area contributed by atoms with Crippen molar-refractivity contribution in [1.82, 2.24) is 14.8 Å². The molecule has 6 heteroatoms. The topological polar surface area (TPSA) is 42.7 Å². The minimum Gasteiger partial charge on any atom is -0.365 e. The predicted molar refractivity (Wildman–Crippen MR) is 74.9 cm³/mol. The summed E-state index contributed by atoms with van der Waals surface area (Å²) in [7, 11) is 0. The van der Waals surface area contributed by atoms with Gasteiger partial charge in [-0.1, -0.05) is 0 Å². The van der Waals surface area contributed by atoms with Crippen molar-refractivity contribution in [2.45, 2.75) is 19.5 Å². The fourth-order valence-corrected chi connectivity index (χ4v) is 2.59. The van der Waals surface area contributed by atoms with Crippen LogP contribution in [0, 0.1) is 0 Å². The number of rotatable bonds is 4.